The Labute approximate surface area is 158 Å². The van der Waals surface area contributed by atoms with E-state index in [1.165, 1.54) is 17.2 Å². The number of amides is 1. The van der Waals surface area contributed by atoms with Crippen LogP contribution < -0.4 is 10.3 Å². The van der Waals surface area contributed by atoms with E-state index < -0.39 is 17.8 Å². The fourth-order valence-electron chi connectivity index (χ4n) is 3.64. The number of hydrogen-bond acceptors (Lipinski definition) is 4. The van der Waals surface area contributed by atoms with E-state index in [0.717, 1.165) is 0 Å². The summed E-state index contributed by atoms with van der Waals surface area (Å²) < 4.78 is 20.5. The number of hydrogen-bond donors (Lipinski definition) is 0. The van der Waals surface area contributed by atoms with Crippen molar-refractivity contribution in [1.82, 2.24) is 4.98 Å². The number of rotatable bonds is 2. The van der Waals surface area contributed by atoms with Crippen molar-refractivity contribution in [1.29, 1.82) is 0 Å². The maximum Gasteiger partial charge on any atom is 0.296 e. The maximum absolute atomic E-state index is 14.7. The van der Waals surface area contributed by atoms with E-state index in [2.05, 4.69) is 4.98 Å². The Morgan fingerprint density at radius 3 is 2.46 bits per heavy atom. The second-order valence-corrected chi connectivity index (χ2v) is 6.46. The first-order valence-corrected chi connectivity index (χ1v) is 8.71. The molecule has 0 N–H and O–H groups in total. The molecule has 3 heterocycles. The number of nitrogens with zero attached hydrogens (tertiary/aromatic N) is 2. The average Bonchev–Trinajstić information content (AvgIpc) is 3.02. The first-order valence-electron chi connectivity index (χ1n) is 8.71. The van der Waals surface area contributed by atoms with Crippen molar-refractivity contribution < 1.29 is 13.6 Å². The Hall–Kier alpha value is -3.80. The van der Waals surface area contributed by atoms with Crippen molar-refractivity contribution in [3.63, 3.8) is 0 Å². The molecular weight excluding hydrogens is 359 g/mol. The van der Waals surface area contributed by atoms with Crippen molar-refractivity contribution in [2.24, 2.45) is 0 Å². The summed E-state index contributed by atoms with van der Waals surface area (Å²) in [7, 11) is 0. The molecule has 0 radical (unpaired) electrons. The van der Waals surface area contributed by atoms with Crippen LogP contribution in [0.4, 0.5) is 10.2 Å². The summed E-state index contributed by atoms with van der Waals surface area (Å²) in [6.07, 6.45) is 1.54. The van der Waals surface area contributed by atoms with Crippen LogP contribution in [0, 0.1) is 5.82 Å². The summed E-state index contributed by atoms with van der Waals surface area (Å²) in [4.78, 5) is 32.0. The predicted molar refractivity (Wildman–Crippen MR) is 102 cm³/mol. The number of aromatic nitrogens is 1. The summed E-state index contributed by atoms with van der Waals surface area (Å²) >= 11 is 0. The Morgan fingerprint density at radius 1 is 0.929 bits per heavy atom. The highest BCUT2D eigenvalue weighted by Crippen LogP contribution is 2.41. The van der Waals surface area contributed by atoms with Crippen molar-refractivity contribution in [2.75, 3.05) is 4.90 Å². The van der Waals surface area contributed by atoms with Gasteiger partial charge in [-0.1, -0.05) is 36.4 Å². The molecule has 5 rings (SSSR count). The minimum Gasteiger partial charge on any atom is -0.450 e. The number of fused-ring (bicyclic) bond motifs is 2. The molecule has 5 nitrogen and oxygen atoms in total. The fourth-order valence-corrected chi connectivity index (χ4v) is 3.64. The van der Waals surface area contributed by atoms with E-state index in [1.807, 2.05) is 0 Å². The van der Waals surface area contributed by atoms with Gasteiger partial charge in [0, 0.05) is 11.8 Å². The number of carbonyl (C=O) groups excluding carboxylic acids is 1. The third kappa shape index (κ3) is 2.28. The van der Waals surface area contributed by atoms with Gasteiger partial charge in [-0.15, -0.1) is 0 Å². The molecule has 0 bridgehead atoms. The molecule has 0 saturated carbocycles. The lowest BCUT2D eigenvalue weighted by molar-refractivity contribution is 0.0970. The van der Waals surface area contributed by atoms with E-state index in [1.54, 1.807) is 60.7 Å². The molecule has 136 valence electrons. The van der Waals surface area contributed by atoms with E-state index in [4.69, 9.17) is 4.42 Å². The molecule has 0 fully saturated rings. The molecular formula is C22H13FN2O3. The molecule has 4 aromatic rings. The molecule has 2 aromatic carbocycles. The van der Waals surface area contributed by atoms with Gasteiger partial charge in [-0.25, -0.2) is 9.37 Å². The van der Waals surface area contributed by atoms with Crippen LogP contribution in [0.25, 0.3) is 11.0 Å². The summed E-state index contributed by atoms with van der Waals surface area (Å²) in [5.74, 6) is -0.801. The van der Waals surface area contributed by atoms with Gasteiger partial charge in [-0.2, -0.15) is 0 Å². The zero-order valence-corrected chi connectivity index (χ0v) is 14.5. The van der Waals surface area contributed by atoms with Crippen molar-refractivity contribution in [3.05, 3.63) is 106 Å². The first kappa shape index (κ1) is 16.4. The van der Waals surface area contributed by atoms with Crippen LogP contribution in [-0.4, -0.2) is 10.9 Å². The molecule has 6 heteroatoms. The van der Waals surface area contributed by atoms with E-state index in [9.17, 15) is 14.0 Å². The predicted octanol–water partition coefficient (Wildman–Crippen LogP) is 4.08. The molecule has 1 aliphatic rings. The maximum atomic E-state index is 14.7. The Balaban J connectivity index is 1.86. The van der Waals surface area contributed by atoms with Gasteiger partial charge in [-0.3, -0.25) is 14.5 Å². The fraction of sp³-hybridized carbons (Fsp3) is 0.0455. The minimum atomic E-state index is -0.959. The topological polar surface area (TPSA) is 63.4 Å². The second-order valence-electron chi connectivity index (χ2n) is 6.46. The van der Waals surface area contributed by atoms with Crippen LogP contribution in [0.2, 0.25) is 0 Å². The van der Waals surface area contributed by atoms with Gasteiger partial charge in [0.05, 0.1) is 17.0 Å². The Kier molecular flexibility index (Phi) is 3.58. The highest BCUT2D eigenvalue weighted by molar-refractivity contribution is 6.10. The lowest BCUT2D eigenvalue weighted by Gasteiger charge is -2.24. The van der Waals surface area contributed by atoms with Crippen LogP contribution >= 0.6 is 0 Å². The second kappa shape index (κ2) is 6.13. The highest BCUT2D eigenvalue weighted by Gasteiger charge is 2.45. The zero-order valence-electron chi connectivity index (χ0n) is 14.5. The molecule has 28 heavy (non-hydrogen) atoms. The van der Waals surface area contributed by atoms with Gasteiger partial charge >= 0.3 is 0 Å². The molecule has 1 amide bonds. The van der Waals surface area contributed by atoms with E-state index in [-0.39, 0.29) is 22.3 Å². The van der Waals surface area contributed by atoms with Crippen molar-refractivity contribution >= 4 is 22.7 Å². The average molecular weight is 372 g/mol. The number of carbonyl (C=O) groups is 1. The normalized spacial score (nSPS) is 15.8. The lowest BCUT2D eigenvalue weighted by Crippen LogP contribution is -2.30. The standard InChI is InChI=1S/C22H13FN2O3/c23-15-9-3-1-7-13(15)19-18-20(26)14-8-2-4-10-16(14)28-21(18)22(27)25(19)17-11-5-6-12-24-17/h1-12,19H/t19-/m0/s1. The number of pyridine rings is 1. The molecule has 1 aliphatic heterocycles. The minimum absolute atomic E-state index is 0.0809. The number of anilines is 1. The largest absolute Gasteiger partial charge is 0.450 e. The molecule has 2 aromatic heterocycles. The van der Waals surface area contributed by atoms with Crippen molar-refractivity contribution in [3.8, 4) is 0 Å². The molecule has 0 aliphatic carbocycles. The van der Waals surface area contributed by atoms with Crippen LogP contribution in [0.5, 0.6) is 0 Å². The number of benzene rings is 2. The van der Waals surface area contributed by atoms with E-state index in [0.29, 0.717) is 16.8 Å². The quantitative estimate of drug-likeness (QED) is 0.532. The number of halogens is 1. The van der Waals surface area contributed by atoms with Crippen LogP contribution in [0.3, 0.4) is 0 Å². The molecule has 0 unspecified atom stereocenters. The highest BCUT2D eigenvalue weighted by atomic mass is 19.1. The van der Waals surface area contributed by atoms with Gasteiger partial charge in [0.2, 0.25) is 5.76 Å². The lowest BCUT2D eigenvalue weighted by atomic mass is 9.98. The van der Waals surface area contributed by atoms with Crippen LogP contribution in [-0.2, 0) is 0 Å². The summed E-state index contributed by atoms with van der Waals surface area (Å²) in [6.45, 7) is 0. The van der Waals surface area contributed by atoms with Crippen LogP contribution in [0.1, 0.15) is 27.7 Å². The van der Waals surface area contributed by atoms with E-state index >= 15 is 0 Å². The summed E-state index contributed by atoms with van der Waals surface area (Å²) in [5, 5.41) is 0.346. The van der Waals surface area contributed by atoms with Gasteiger partial charge in [0.25, 0.3) is 5.91 Å². The zero-order chi connectivity index (χ0) is 19.3. The smallest absolute Gasteiger partial charge is 0.296 e. The third-order valence-electron chi connectivity index (χ3n) is 4.87. The van der Waals surface area contributed by atoms with Gasteiger partial charge < -0.3 is 4.42 Å². The van der Waals surface area contributed by atoms with Gasteiger partial charge in [0.15, 0.2) is 5.43 Å². The first-order chi connectivity index (χ1) is 13.7. The van der Waals surface area contributed by atoms with Gasteiger partial charge in [-0.05, 0) is 30.3 Å². The van der Waals surface area contributed by atoms with Gasteiger partial charge in [0.1, 0.15) is 17.2 Å². The molecule has 0 saturated heterocycles. The Bertz CT molecular complexity index is 1280. The Morgan fingerprint density at radius 2 is 1.68 bits per heavy atom. The molecule has 0 spiro atoms. The summed E-state index contributed by atoms with van der Waals surface area (Å²) in [6, 6.07) is 16.9. The number of para-hydroxylation sites is 1. The monoisotopic (exact) mass is 372 g/mol. The molecule has 1 atom stereocenters. The van der Waals surface area contributed by atoms with Crippen molar-refractivity contribution in [2.45, 2.75) is 6.04 Å². The SMILES string of the molecule is O=C1c2oc3ccccc3c(=O)c2[C@H](c2ccccc2F)N1c1ccccn1. The third-order valence-corrected chi connectivity index (χ3v) is 4.87. The summed E-state index contributed by atoms with van der Waals surface area (Å²) in [5.41, 5.74) is 0.300. The van der Waals surface area contributed by atoms with Crippen LogP contribution in [0.15, 0.2) is 82.1 Å².